The highest BCUT2D eigenvalue weighted by atomic mass is 14.9. The van der Waals surface area contributed by atoms with E-state index in [-0.39, 0.29) is 6.04 Å². The van der Waals surface area contributed by atoms with Gasteiger partial charge in [0, 0.05) is 12.1 Å². The summed E-state index contributed by atoms with van der Waals surface area (Å²) in [5.74, 6) is 0. The Morgan fingerprint density at radius 1 is 1.33 bits per heavy atom. The van der Waals surface area contributed by atoms with Crippen LogP contribution in [-0.2, 0) is 0 Å². The van der Waals surface area contributed by atoms with Crippen molar-refractivity contribution in [1.29, 1.82) is 5.26 Å². The maximum absolute atomic E-state index is 8.60. The number of rotatable bonds is 5. The lowest BCUT2D eigenvalue weighted by atomic mass is 10.0. The van der Waals surface area contributed by atoms with Gasteiger partial charge in [0.1, 0.15) is 0 Å². The Balaban J connectivity index is 2.61. The Labute approximate surface area is 91.9 Å². The van der Waals surface area contributed by atoms with Crippen LogP contribution < -0.4 is 5.32 Å². The molecule has 0 amide bonds. The molecule has 15 heavy (non-hydrogen) atoms. The molecular weight excluding hydrogens is 184 g/mol. The maximum Gasteiger partial charge on any atom is 0.0638 e. The minimum absolute atomic E-state index is 0.250. The molecule has 2 heteroatoms. The van der Waals surface area contributed by atoms with Gasteiger partial charge in [0.15, 0.2) is 0 Å². The average Bonchev–Trinajstić information content (AvgIpc) is 2.27. The van der Waals surface area contributed by atoms with E-state index in [1.807, 2.05) is 6.07 Å². The van der Waals surface area contributed by atoms with Gasteiger partial charge >= 0.3 is 0 Å². The van der Waals surface area contributed by atoms with Gasteiger partial charge in [-0.25, -0.2) is 0 Å². The summed E-state index contributed by atoms with van der Waals surface area (Å²) in [6, 6.07) is 13.2. The van der Waals surface area contributed by atoms with E-state index in [2.05, 4.69) is 49.5 Å². The lowest BCUT2D eigenvalue weighted by Crippen LogP contribution is -2.29. The molecule has 1 N–H and O–H groups in total. The topological polar surface area (TPSA) is 35.8 Å². The first-order valence-electron chi connectivity index (χ1n) is 5.45. The van der Waals surface area contributed by atoms with Crippen molar-refractivity contribution in [3.8, 4) is 6.07 Å². The number of nitrogens with one attached hydrogen (secondary N) is 1. The summed E-state index contributed by atoms with van der Waals surface area (Å²) in [6.07, 6.45) is 1.60. The zero-order valence-electron chi connectivity index (χ0n) is 9.40. The van der Waals surface area contributed by atoms with Gasteiger partial charge < -0.3 is 5.32 Å². The highest BCUT2D eigenvalue weighted by Gasteiger charge is 2.11. The molecule has 1 aromatic carbocycles. The molecule has 0 fully saturated rings. The number of nitrogens with zero attached hydrogens (tertiary/aromatic N) is 1. The van der Waals surface area contributed by atoms with Crippen LogP contribution in [0, 0.1) is 11.3 Å². The summed E-state index contributed by atoms with van der Waals surface area (Å²) in [4.78, 5) is 0. The zero-order valence-corrected chi connectivity index (χ0v) is 9.40. The predicted molar refractivity (Wildman–Crippen MR) is 62.3 cm³/mol. The van der Waals surface area contributed by atoms with Crippen molar-refractivity contribution in [3.63, 3.8) is 0 Å². The Morgan fingerprint density at radius 3 is 2.53 bits per heavy atom. The van der Waals surface area contributed by atoms with E-state index < -0.39 is 0 Å². The van der Waals surface area contributed by atoms with Gasteiger partial charge in [-0.2, -0.15) is 5.26 Å². The molecule has 80 valence electrons. The molecule has 0 aliphatic rings. The Bertz CT molecular complexity index is 313. The van der Waals surface area contributed by atoms with Crippen LogP contribution in [0.1, 0.15) is 38.3 Å². The van der Waals surface area contributed by atoms with Crippen LogP contribution in [0.15, 0.2) is 30.3 Å². The highest BCUT2D eigenvalue weighted by molar-refractivity contribution is 5.18. The molecule has 0 saturated carbocycles. The zero-order chi connectivity index (χ0) is 11.1. The molecular formula is C13H18N2. The molecule has 1 rings (SSSR count). The van der Waals surface area contributed by atoms with Crippen molar-refractivity contribution in [3.05, 3.63) is 35.9 Å². The molecule has 0 bridgehead atoms. The SMILES string of the molecule is CCC(NC(C)CC#N)c1ccccc1. The molecule has 2 atom stereocenters. The van der Waals surface area contributed by atoms with E-state index in [9.17, 15) is 0 Å². The summed E-state index contributed by atoms with van der Waals surface area (Å²) in [5.41, 5.74) is 1.30. The third-order valence-electron chi connectivity index (χ3n) is 2.49. The van der Waals surface area contributed by atoms with Crippen molar-refractivity contribution in [1.82, 2.24) is 5.32 Å². The molecule has 0 radical (unpaired) electrons. The van der Waals surface area contributed by atoms with E-state index >= 15 is 0 Å². The van der Waals surface area contributed by atoms with Crippen LogP contribution in [0.4, 0.5) is 0 Å². The van der Waals surface area contributed by atoms with Gasteiger partial charge in [0.2, 0.25) is 0 Å². The van der Waals surface area contributed by atoms with Crippen LogP contribution in [0.5, 0.6) is 0 Å². The van der Waals surface area contributed by atoms with Crippen LogP contribution >= 0.6 is 0 Å². The molecule has 2 nitrogen and oxygen atoms in total. The Morgan fingerprint density at radius 2 is 2.00 bits per heavy atom. The van der Waals surface area contributed by atoms with Gasteiger partial charge in [0.05, 0.1) is 12.5 Å². The number of hydrogen-bond acceptors (Lipinski definition) is 2. The van der Waals surface area contributed by atoms with E-state index in [4.69, 9.17) is 5.26 Å². The number of hydrogen-bond donors (Lipinski definition) is 1. The lowest BCUT2D eigenvalue weighted by molar-refractivity contribution is 0.450. The number of nitriles is 1. The second kappa shape index (κ2) is 6.21. The normalized spacial score (nSPS) is 14.2. The first-order chi connectivity index (χ1) is 7.27. The van der Waals surface area contributed by atoms with Gasteiger partial charge in [-0.1, -0.05) is 37.3 Å². The average molecular weight is 202 g/mol. The van der Waals surface area contributed by atoms with Gasteiger partial charge in [-0.05, 0) is 18.9 Å². The summed E-state index contributed by atoms with van der Waals surface area (Å²) in [7, 11) is 0. The van der Waals surface area contributed by atoms with Crippen molar-refractivity contribution in [2.75, 3.05) is 0 Å². The molecule has 2 unspecified atom stereocenters. The molecule has 0 aliphatic heterocycles. The monoisotopic (exact) mass is 202 g/mol. The molecule has 1 aromatic rings. The highest BCUT2D eigenvalue weighted by Crippen LogP contribution is 2.16. The van der Waals surface area contributed by atoms with E-state index in [1.165, 1.54) is 5.56 Å². The molecule has 0 aliphatic carbocycles. The minimum atomic E-state index is 0.250. The summed E-state index contributed by atoms with van der Waals surface area (Å²) in [5, 5.41) is 12.1. The molecule has 0 spiro atoms. The molecule has 0 aromatic heterocycles. The van der Waals surface area contributed by atoms with Crippen molar-refractivity contribution in [2.45, 2.75) is 38.8 Å². The maximum atomic E-state index is 8.60. The Kier molecular flexibility index (Phi) is 4.86. The van der Waals surface area contributed by atoms with Crippen LogP contribution in [0.2, 0.25) is 0 Å². The minimum Gasteiger partial charge on any atom is -0.306 e. The first kappa shape index (κ1) is 11.7. The molecule has 0 heterocycles. The molecule has 0 saturated heterocycles. The second-order valence-electron chi connectivity index (χ2n) is 3.80. The summed E-state index contributed by atoms with van der Waals surface area (Å²) < 4.78 is 0. The van der Waals surface area contributed by atoms with Gasteiger partial charge in [-0.3, -0.25) is 0 Å². The van der Waals surface area contributed by atoms with Crippen molar-refractivity contribution < 1.29 is 0 Å². The summed E-state index contributed by atoms with van der Waals surface area (Å²) in [6.45, 7) is 4.21. The Hall–Kier alpha value is -1.33. The fourth-order valence-corrected chi connectivity index (χ4v) is 1.67. The van der Waals surface area contributed by atoms with E-state index in [0.29, 0.717) is 12.5 Å². The van der Waals surface area contributed by atoms with Crippen LogP contribution in [0.25, 0.3) is 0 Å². The third-order valence-corrected chi connectivity index (χ3v) is 2.49. The van der Waals surface area contributed by atoms with E-state index in [0.717, 1.165) is 6.42 Å². The fraction of sp³-hybridized carbons (Fsp3) is 0.462. The van der Waals surface area contributed by atoms with Crippen LogP contribution in [0.3, 0.4) is 0 Å². The van der Waals surface area contributed by atoms with Gasteiger partial charge in [0.25, 0.3) is 0 Å². The van der Waals surface area contributed by atoms with Gasteiger partial charge in [-0.15, -0.1) is 0 Å². The lowest BCUT2D eigenvalue weighted by Gasteiger charge is -2.21. The predicted octanol–water partition coefficient (Wildman–Crippen LogP) is 3.03. The third kappa shape index (κ3) is 3.73. The first-order valence-corrected chi connectivity index (χ1v) is 5.45. The standard InChI is InChI=1S/C13H18N2/c1-3-13(15-11(2)9-10-14)12-7-5-4-6-8-12/h4-8,11,13,15H,3,9H2,1-2H3. The summed E-state index contributed by atoms with van der Waals surface area (Å²) >= 11 is 0. The van der Waals surface area contributed by atoms with Crippen LogP contribution in [-0.4, -0.2) is 6.04 Å². The quantitative estimate of drug-likeness (QED) is 0.796. The van der Waals surface area contributed by atoms with Crippen molar-refractivity contribution >= 4 is 0 Å². The smallest absolute Gasteiger partial charge is 0.0638 e. The largest absolute Gasteiger partial charge is 0.306 e. The van der Waals surface area contributed by atoms with E-state index in [1.54, 1.807) is 0 Å². The fourth-order valence-electron chi connectivity index (χ4n) is 1.67. The second-order valence-corrected chi connectivity index (χ2v) is 3.80. The van der Waals surface area contributed by atoms with Crippen molar-refractivity contribution in [2.24, 2.45) is 0 Å². The number of benzene rings is 1.